The Morgan fingerprint density at radius 2 is 1.73 bits per heavy atom. The molecule has 2 aromatic carbocycles. The average Bonchev–Trinajstić information content (AvgIpc) is 2.75. The smallest absolute Gasteiger partial charge is 0.264 e. The van der Waals surface area contributed by atoms with Crippen molar-refractivity contribution in [1.82, 2.24) is 4.90 Å². The fraction of sp³-hybridized carbons (Fsp3) is 0.409. The zero-order valence-electron chi connectivity index (χ0n) is 18.2. The van der Waals surface area contributed by atoms with Gasteiger partial charge < -0.3 is 14.4 Å². The second kappa shape index (κ2) is 10.4. The molecule has 0 saturated carbocycles. The number of hydrogen-bond donors (Lipinski definition) is 0. The van der Waals surface area contributed by atoms with E-state index in [4.69, 9.17) is 9.47 Å². The highest BCUT2D eigenvalue weighted by atomic mass is 32.2. The largest absolute Gasteiger partial charge is 0.497 e. The molecule has 0 radical (unpaired) electrons. The van der Waals surface area contributed by atoms with Gasteiger partial charge in [-0.3, -0.25) is 9.10 Å². The molecule has 1 amide bonds. The lowest BCUT2D eigenvalue weighted by Gasteiger charge is -2.25. The van der Waals surface area contributed by atoms with E-state index in [1.165, 1.54) is 23.5 Å². The highest BCUT2D eigenvalue weighted by molar-refractivity contribution is 7.92. The van der Waals surface area contributed by atoms with Crippen molar-refractivity contribution in [1.29, 1.82) is 0 Å². The number of ether oxygens (including phenoxy) is 2. The third kappa shape index (κ3) is 5.73. The van der Waals surface area contributed by atoms with Gasteiger partial charge in [-0.25, -0.2) is 8.42 Å². The van der Waals surface area contributed by atoms with Crippen LogP contribution < -0.4 is 9.04 Å². The van der Waals surface area contributed by atoms with E-state index in [0.29, 0.717) is 36.7 Å². The Morgan fingerprint density at radius 1 is 1.07 bits per heavy atom. The molecule has 0 heterocycles. The van der Waals surface area contributed by atoms with Gasteiger partial charge in [0.05, 0.1) is 24.3 Å². The second-order valence-corrected chi connectivity index (χ2v) is 9.31. The Kier molecular flexibility index (Phi) is 8.25. The van der Waals surface area contributed by atoms with Gasteiger partial charge in [-0.2, -0.15) is 0 Å². The van der Waals surface area contributed by atoms with Crippen molar-refractivity contribution >= 4 is 21.6 Å². The second-order valence-electron chi connectivity index (χ2n) is 7.34. The highest BCUT2D eigenvalue weighted by Gasteiger charge is 2.24. The van der Waals surface area contributed by atoms with Gasteiger partial charge in [0.25, 0.3) is 15.9 Å². The molecule has 0 aromatic heterocycles. The zero-order chi connectivity index (χ0) is 22.3. The van der Waals surface area contributed by atoms with E-state index in [2.05, 4.69) is 0 Å². The van der Waals surface area contributed by atoms with Crippen LogP contribution in [0.1, 0.15) is 24.2 Å². The molecule has 2 aromatic rings. The minimum atomic E-state index is -3.84. The molecule has 0 aliphatic carbocycles. The average molecular weight is 435 g/mol. The maximum absolute atomic E-state index is 13.1. The number of sulfonamides is 1. The van der Waals surface area contributed by atoms with Crippen molar-refractivity contribution in [2.24, 2.45) is 5.92 Å². The van der Waals surface area contributed by atoms with Crippen LogP contribution in [0.4, 0.5) is 5.69 Å². The number of nitrogens with zero attached hydrogens (tertiary/aromatic N) is 2. The van der Waals surface area contributed by atoms with Crippen LogP contribution in [0.5, 0.6) is 5.75 Å². The van der Waals surface area contributed by atoms with Gasteiger partial charge in [0.15, 0.2) is 0 Å². The molecule has 0 bridgehead atoms. The minimum absolute atomic E-state index is 0.0582. The molecule has 0 aliphatic rings. The molecule has 0 spiro atoms. The summed E-state index contributed by atoms with van der Waals surface area (Å²) in [7, 11) is 0.778. The molecule has 0 unspecified atom stereocenters. The summed E-state index contributed by atoms with van der Waals surface area (Å²) < 4.78 is 37.7. The van der Waals surface area contributed by atoms with Crippen LogP contribution in [0.25, 0.3) is 0 Å². The van der Waals surface area contributed by atoms with E-state index in [0.717, 1.165) is 0 Å². The summed E-state index contributed by atoms with van der Waals surface area (Å²) in [6.07, 6.45) is 0. The molecule has 0 aliphatic heterocycles. The number of rotatable bonds is 10. The molecule has 8 heteroatoms. The molecule has 0 fully saturated rings. The molecule has 0 atom stereocenters. The van der Waals surface area contributed by atoms with Crippen molar-refractivity contribution in [3.05, 3.63) is 54.1 Å². The quantitative estimate of drug-likeness (QED) is 0.574. The molecule has 164 valence electrons. The van der Waals surface area contributed by atoms with Crippen LogP contribution in [-0.2, 0) is 14.8 Å². The molecule has 7 nitrogen and oxygen atoms in total. The molecule has 0 N–H and O–H groups in total. The van der Waals surface area contributed by atoms with E-state index in [9.17, 15) is 13.2 Å². The summed E-state index contributed by atoms with van der Waals surface area (Å²) in [6, 6.07) is 12.9. The number of carbonyl (C=O) groups excluding carboxylic acids is 1. The van der Waals surface area contributed by atoms with E-state index < -0.39 is 10.0 Å². The number of benzene rings is 2. The first kappa shape index (κ1) is 23.7. The first-order chi connectivity index (χ1) is 14.2. The normalized spacial score (nSPS) is 11.4. The molecular weight excluding hydrogens is 404 g/mol. The van der Waals surface area contributed by atoms with E-state index in [1.54, 1.807) is 55.5 Å². The maximum Gasteiger partial charge on any atom is 0.264 e. The Morgan fingerprint density at radius 3 is 2.30 bits per heavy atom. The van der Waals surface area contributed by atoms with Gasteiger partial charge in [-0.15, -0.1) is 0 Å². The summed E-state index contributed by atoms with van der Waals surface area (Å²) in [5, 5.41) is 0. The maximum atomic E-state index is 13.1. The van der Waals surface area contributed by atoms with Gasteiger partial charge in [0.1, 0.15) is 5.75 Å². The summed E-state index contributed by atoms with van der Waals surface area (Å²) in [6.45, 7) is 5.47. The molecular formula is C22H30N2O5S. The highest BCUT2D eigenvalue weighted by Crippen LogP contribution is 2.25. The lowest BCUT2D eigenvalue weighted by Crippen LogP contribution is -2.37. The number of anilines is 1. The zero-order valence-corrected chi connectivity index (χ0v) is 19.0. The Bertz CT molecular complexity index is 942. The minimum Gasteiger partial charge on any atom is -0.497 e. The van der Waals surface area contributed by atoms with E-state index in [1.807, 2.05) is 13.8 Å². The summed E-state index contributed by atoms with van der Waals surface area (Å²) in [4.78, 5) is 14.8. The number of hydrogen-bond acceptors (Lipinski definition) is 5. The Hall–Kier alpha value is -2.58. The van der Waals surface area contributed by atoms with Crippen molar-refractivity contribution in [3.63, 3.8) is 0 Å². The van der Waals surface area contributed by atoms with Crippen LogP contribution in [0.2, 0.25) is 0 Å². The van der Waals surface area contributed by atoms with Gasteiger partial charge >= 0.3 is 0 Å². The summed E-state index contributed by atoms with van der Waals surface area (Å²) >= 11 is 0. The summed E-state index contributed by atoms with van der Waals surface area (Å²) in [5.41, 5.74) is 0.824. The first-order valence-corrected chi connectivity index (χ1v) is 11.2. The van der Waals surface area contributed by atoms with Crippen molar-refractivity contribution in [3.8, 4) is 5.75 Å². The lowest BCUT2D eigenvalue weighted by molar-refractivity contribution is 0.0672. The SMILES string of the molecule is COCCN(CC(C)C)C(=O)c1cccc(S(=O)(=O)N(C)c2ccc(OC)cc2)c1. The van der Waals surface area contributed by atoms with Gasteiger partial charge in [-0.1, -0.05) is 19.9 Å². The third-order valence-corrected chi connectivity index (χ3v) is 6.40. The van der Waals surface area contributed by atoms with Crippen LogP contribution in [0.3, 0.4) is 0 Å². The van der Waals surface area contributed by atoms with E-state index >= 15 is 0 Å². The van der Waals surface area contributed by atoms with Gasteiger partial charge in [0, 0.05) is 32.8 Å². The summed E-state index contributed by atoms with van der Waals surface area (Å²) in [5.74, 6) is 0.697. The number of carbonyl (C=O) groups is 1. The molecule has 0 saturated heterocycles. The van der Waals surface area contributed by atoms with Crippen LogP contribution in [0, 0.1) is 5.92 Å². The Balaban J connectivity index is 2.32. The van der Waals surface area contributed by atoms with Gasteiger partial charge in [0.2, 0.25) is 0 Å². The number of amides is 1. The van der Waals surface area contributed by atoms with Crippen molar-refractivity contribution in [2.45, 2.75) is 18.7 Å². The van der Waals surface area contributed by atoms with Crippen LogP contribution in [0.15, 0.2) is 53.4 Å². The predicted octanol–water partition coefficient (Wildman–Crippen LogP) is 3.26. The van der Waals surface area contributed by atoms with Gasteiger partial charge in [-0.05, 0) is 48.4 Å². The predicted molar refractivity (Wildman–Crippen MR) is 118 cm³/mol. The topological polar surface area (TPSA) is 76.2 Å². The van der Waals surface area contributed by atoms with Crippen molar-refractivity contribution < 1.29 is 22.7 Å². The lowest BCUT2D eigenvalue weighted by atomic mass is 10.1. The Labute approximate surface area is 179 Å². The van der Waals surface area contributed by atoms with Crippen LogP contribution in [-0.4, -0.2) is 60.2 Å². The fourth-order valence-electron chi connectivity index (χ4n) is 2.98. The molecule has 30 heavy (non-hydrogen) atoms. The standard InChI is InChI=1S/C22H30N2O5S/c1-17(2)16-24(13-14-28-4)22(25)18-7-6-8-21(15-18)30(26,27)23(3)19-9-11-20(29-5)12-10-19/h6-12,15,17H,13-14,16H2,1-5H3. The fourth-order valence-corrected chi connectivity index (χ4v) is 4.22. The number of methoxy groups -OCH3 is 2. The third-order valence-electron chi connectivity index (χ3n) is 4.61. The first-order valence-electron chi connectivity index (χ1n) is 9.72. The van der Waals surface area contributed by atoms with Crippen molar-refractivity contribution in [2.75, 3.05) is 45.3 Å². The van der Waals surface area contributed by atoms with Crippen LogP contribution >= 0.6 is 0 Å². The monoisotopic (exact) mass is 434 g/mol. The molecule has 2 rings (SSSR count). The van der Waals surface area contributed by atoms with E-state index in [-0.39, 0.29) is 16.7 Å².